The summed E-state index contributed by atoms with van der Waals surface area (Å²) in [5, 5.41) is 4.47. The molecule has 1 N–H and O–H groups in total. The third kappa shape index (κ3) is 9.11. The van der Waals surface area contributed by atoms with E-state index >= 15 is 0 Å². The zero-order valence-corrected chi connectivity index (χ0v) is 21.6. The van der Waals surface area contributed by atoms with Gasteiger partial charge in [-0.1, -0.05) is 64.2 Å². The van der Waals surface area contributed by atoms with E-state index in [-0.39, 0.29) is 6.29 Å². The molecule has 0 spiro atoms. The van der Waals surface area contributed by atoms with Crippen LogP contribution in [-0.2, 0) is 9.47 Å². The molecule has 2 atom stereocenters. The van der Waals surface area contributed by atoms with Crippen LogP contribution in [-0.4, -0.2) is 31.3 Å². The SMILES string of the molecule is c1cc(SC2CCCCCC(C3OCCO3)CC2)ccc1NCC1CCCCCCCCC1. The lowest BCUT2D eigenvalue weighted by molar-refractivity contribution is -0.0881. The molecular formula is C29H47NO2S. The molecule has 186 valence electrons. The lowest BCUT2D eigenvalue weighted by Gasteiger charge is -2.23. The highest BCUT2D eigenvalue weighted by Crippen LogP contribution is 2.35. The molecule has 1 aromatic carbocycles. The van der Waals surface area contributed by atoms with Gasteiger partial charge in [-0.25, -0.2) is 0 Å². The van der Waals surface area contributed by atoms with Gasteiger partial charge in [0.05, 0.1) is 13.2 Å². The van der Waals surface area contributed by atoms with E-state index in [2.05, 4.69) is 41.3 Å². The highest BCUT2D eigenvalue weighted by atomic mass is 32.2. The summed E-state index contributed by atoms with van der Waals surface area (Å²) in [5.41, 5.74) is 1.29. The summed E-state index contributed by atoms with van der Waals surface area (Å²) in [6.45, 7) is 2.70. The molecule has 4 rings (SSSR count). The molecule has 0 bridgehead atoms. The first-order valence-corrected chi connectivity index (χ1v) is 15.0. The monoisotopic (exact) mass is 473 g/mol. The number of anilines is 1. The summed E-state index contributed by atoms with van der Waals surface area (Å²) in [6.07, 6.45) is 22.1. The Labute approximate surface area is 207 Å². The van der Waals surface area contributed by atoms with Crippen molar-refractivity contribution < 1.29 is 9.47 Å². The maximum atomic E-state index is 5.85. The predicted molar refractivity (Wildman–Crippen MR) is 141 cm³/mol. The smallest absolute Gasteiger partial charge is 0.160 e. The van der Waals surface area contributed by atoms with Crippen molar-refractivity contribution in [3.05, 3.63) is 24.3 Å². The Bertz CT molecular complexity index is 636. The topological polar surface area (TPSA) is 30.5 Å². The Morgan fingerprint density at radius 3 is 2.00 bits per heavy atom. The third-order valence-electron chi connectivity index (χ3n) is 7.97. The fourth-order valence-corrected chi connectivity index (χ4v) is 7.10. The molecule has 1 aliphatic heterocycles. The predicted octanol–water partition coefficient (Wildman–Crippen LogP) is 8.43. The molecule has 1 saturated heterocycles. The van der Waals surface area contributed by atoms with E-state index < -0.39 is 0 Å². The summed E-state index contributed by atoms with van der Waals surface area (Å²) in [5.74, 6) is 1.43. The summed E-state index contributed by atoms with van der Waals surface area (Å²) in [6, 6.07) is 9.29. The molecule has 1 aromatic rings. The Balaban J connectivity index is 1.23. The Morgan fingerprint density at radius 2 is 1.27 bits per heavy atom. The molecule has 2 unspecified atom stereocenters. The van der Waals surface area contributed by atoms with Gasteiger partial charge in [0, 0.05) is 28.3 Å². The quantitative estimate of drug-likeness (QED) is 0.449. The van der Waals surface area contributed by atoms with Crippen molar-refractivity contribution >= 4 is 17.4 Å². The number of hydrogen-bond acceptors (Lipinski definition) is 4. The number of benzene rings is 1. The second-order valence-corrected chi connectivity index (χ2v) is 12.0. The van der Waals surface area contributed by atoms with Gasteiger partial charge in [0.1, 0.15) is 0 Å². The van der Waals surface area contributed by atoms with Crippen LogP contribution in [0.2, 0.25) is 0 Å². The van der Waals surface area contributed by atoms with Gasteiger partial charge in [0.25, 0.3) is 0 Å². The van der Waals surface area contributed by atoms with Gasteiger partial charge in [0.2, 0.25) is 0 Å². The minimum Gasteiger partial charge on any atom is -0.385 e. The van der Waals surface area contributed by atoms with Crippen LogP contribution in [0.3, 0.4) is 0 Å². The molecule has 0 aromatic heterocycles. The zero-order valence-electron chi connectivity index (χ0n) is 20.8. The van der Waals surface area contributed by atoms with Crippen molar-refractivity contribution in [3.8, 4) is 0 Å². The molecule has 2 saturated carbocycles. The minimum absolute atomic E-state index is 0.0609. The molecule has 3 fully saturated rings. The molecular weight excluding hydrogens is 426 g/mol. The average molecular weight is 474 g/mol. The lowest BCUT2D eigenvalue weighted by atomic mass is 9.92. The van der Waals surface area contributed by atoms with Gasteiger partial charge in [-0.3, -0.25) is 0 Å². The first-order chi connectivity index (χ1) is 16.4. The highest BCUT2D eigenvalue weighted by Gasteiger charge is 2.28. The fourth-order valence-electron chi connectivity index (χ4n) is 5.89. The average Bonchev–Trinajstić information content (AvgIpc) is 3.40. The normalized spacial score (nSPS) is 27.4. The molecule has 4 heteroatoms. The Morgan fingerprint density at radius 1 is 0.667 bits per heavy atom. The Hall–Kier alpha value is -0.710. The standard InChI is InChI=1S/C29H47NO2S/c1-2-4-7-11-24(12-8-5-3-1)23-30-26-16-19-28(20-17-26)33-27-14-10-6-9-13-25(15-18-27)29-31-21-22-32-29/h16-17,19-20,24-25,27,29-30H,1-15,18,21-23H2. The van der Waals surface area contributed by atoms with Gasteiger partial charge < -0.3 is 14.8 Å². The van der Waals surface area contributed by atoms with E-state index in [4.69, 9.17) is 9.47 Å². The van der Waals surface area contributed by atoms with Crippen LogP contribution in [0.4, 0.5) is 5.69 Å². The maximum Gasteiger partial charge on any atom is 0.160 e. The number of thioether (sulfide) groups is 1. The summed E-state index contributed by atoms with van der Waals surface area (Å²) in [4.78, 5) is 1.42. The van der Waals surface area contributed by atoms with Gasteiger partial charge in [0.15, 0.2) is 6.29 Å². The van der Waals surface area contributed by atoms with Crippen LogP contribution in [0.1, 0.15) is 103 Å². The maximum absolute atomic E-state index is 5.85. The van der Waals surface area contributed by atoms with Crippen LogP contribution < -0.4 is 5.32 Å². The van der Waals surface area contributed by atoms with E-state index in [1.807, 2.05) is 0 Å². The Kier molecular flexibility index (Phi) is 11.3. The van der Waals surface area contributed by atoms with Gasteiger partial charge >= 0.3 is 0 Å². The molecule has 2 aliphatic carbocycles. The van der Waals surface area contributed by atoms with Crippen molar-refractivity contribution in [1.82, 2.24) is 0 Å². The van der Waals surface area contributed by atoms with Crippen molar-refractivity contribution in [2.24, 2.45) is 11.8 Å². The molecule has 1 heterocycles. The van der Waals surface area contributed by atoms with Crippen molar-refractivity contribution in [1.29, 1.82) is 0 Å². The van der Waals surface area contributed by atoms with Crippen LogP contribution in [0, 0.1) is 11.8 Å². The van der Waals surface area contributed by atoms with E-state index in [0.29, 0.717) is 11.2 Å². The van der Waals surface area contributed by atoms with Gasteiger partial charge in [-0.05, 0) is 68.7 Å². The van der Waals surface area contributed by atoms with Crippen molar-refractivity contribution in [3.63, 3.8) is 0 Å². The zero-order chi connectivity index (χ0) is 22.6. The van der Waals surface area contributed by atoms with Crippen molar-refractivity contribution in [2.75, 3.05) is 25.1 Å². The highest BCUT2D eigenvalue weighted by molar-refractivity contribution is 8.00. The number of nitrogens with one attached hydrogen (secondary N) is 1. The van der Waals surface area contributed by atoms with E-state index in [1.165, 1.54) is 113 Å². The second-order valence-electron chi connectivity index (χ2n) is 10.6. The molecule has 33 heavy (non-hydrogen) atoms. The number of ether oxygens (including phenoxy) is 2. The lowest BCUT2D eigenvalue weighted by Crippen LogP contribution is -2.22. The van der Waals surface area contributed by atoms with E-state index in [9.17, 15) is 0 Å². The van der Waals surface area contributed by atoms with Crippen LogP contribution >= 0.6 is 11.8 Å². The number of hydrogen-bond donors (Lipinski definition) is 1. The first kappa shape index (κ1) is 25.4. The number of rotatable bonds is 6. The van der Waals surface area contributed by atoms with Crippen molar-refractivity contribution in [2.45, 2.75) is 119 Å². The van der Waals surface area contributed by atoms with Gasteiger partial charge in [-0.15, -0.1) is 11.8 Å². The molecule has 3 nitrogen and oxygen atoms in total. The molecule has 3 aliphatic rings. The van der Waals surface area contributed by atoms with E-state index in [0.717, 1.165) is 25.7 Å². The fraction of sp³-hybridized carbons (Fsp3) is 0.793. The summed E-state index contributed by atoms with van der Waals surface area (Å²) >= 11 is 2.10. The van der Waals surface area contributed by atoms with Crippen LogP contribution in [0.5, 0.6) is 0 Å². The van der Waals surface area contributed by atoms with Crippen LogP contribution in [0.25, 0.3) is 0 Å². The summed E-state index contributed by atoms with van der Waals surface area (Å²) in [7, 11) is 0. The first-order valence-electron chi connectivity index (χ1n) is 14.1. The largest absolute Gasteiger partial charge is 0.385 e. The third-order valence-corrected chi connectivity index (χ3v) is 9.32. The van der Waals surface area contributed by atoms with Crippen LogP contribution in [0.15, 0.2) is 29.2 Å². The van der Waals surface area contributed by atoms with Gasteiger partial charge in [-0.2, -0.15) is 0 Å². The van der Waals surface area contributed by atoms with E-state index in [1.54, 1.807) is 0 Å². The molecule has 0 radical (unpaired) electrons. The second kappa shape index (κ2) is 14.6. The summed E-state index contributed by atoms with van der Waals surface area (Å²) < 4.78 is 11.7. The molecule has 0 amide bonds. The minimum atomic E-state index is 0.0609.